The number of carbonyl (C=O) groups is 1. The van der Waals surface area contributed by atoms with Crippen LogP contribution in [0.3, 0.4) is 0 Å². The van der Waals surface area contributed by atoms with Gasteiger partial charge in [-0.3, -0.25) is 4.79 Å². The van der Waals surface area contributed by atoms with Crippen LogP contribution < -0.4 is 5.73 Å². The summed E-state index contributed by atoms with van der Waals surface area (Å²) in [7, 11) is 0. The second-order valence-electron chi connectivity index (χ2n) is 7.53. The molecule has 1 aromatic heterocycles. The molecule has 0 radical (unpaired) electrons. The monoisotopic (exact) mass is 456 g/mol. The van der Waals surface area contributed by atoms with E-state index in [0.29, 0.717) is 18.2 Å². The number of hydrogen-bond acceptors (Lipinski definition) is 3. The number of primary amides is 1. The van der Waals surface area contributed by atoms with Crippen LogP contribution in [0.2, 0.25) is 0 Å². The van der Waals surface area contributed by atoms with Crippen LogP contribution in [-0.2, 0) is 4.74 Å². The quantitative estimate of drug-likeness (QED) is 0.675. The van der Waals surface area contributed by atoms with Gasteiger partial charge in [-0.15, -0.1) is 0 Å². The second-order valence-corrected chi connectivity index (χ2v) is 8.78. The molecule has 0 spiro atoms. The molecule has 0 atom stereocenters. The summed E-state index contributed by atoms with van der Waals surface area (Å²) < 4.78 is 9.06. The van der Waals surface area contributed by atoms with Crippen molar-refractivity contribution < 1.29 is 14.6 Å². The van der Waals surface area contributed by atoms with Crippen molar-refractivity contribution in [3.8, 4) is 0 Å². The first kappa shape index (κ1) is 18.7. The van der Waals surface area contributed by atoms with E-state index in [1.165, 1.54) is 0 Å². The highest BCUT2D eigenvalue weighted by molar-refractivity contribution is 14.1. The predicted octanol–water partition coefficient (Wildman–Crippen LogP) is 3.62. The third-order valence-corrected chi connectivity index (χ3v) is 5.37. The number of nitrogens with two attached hydrogens (primary N) is 1. The topological polar surface area (TPSA) is 77.5 Å². The number of aromatic nitrogens is 1. The third kappa shape index (κ3) is 4.35. The Balaban J connectivity index is 1.77. The van der Waals surface area contributed by atoms with E-state index in [-0.39, 0.29) is 12.0 Å². The van der Waals surface area contributed by atoms with Crippen molar-refractivity contribution in [1.82, 2.24) is 4.57 Å². The Morgan fingerprint density at radius 2 is 2.04 bits per heavy atom. The van der Waals surface area contributed by atoms with E-state index in [2.05, 4.69) is 45.5 Å². The van der Waals surface area contributed by atoms with Crippen LogP contribution in [0.5, 0.6) is 0 Å². The lowest BCUT2D eigenvalue weighted by atomic mass is 9.92. The molecule has 1 aliphatic carbocycles. The van der Waals surface area contributed by atoms with Gasteiger partial charge in [-0.2, -0.15) is 0 Å². The van der Waals surface area contributed by atoms with Crippen molar-refractivity contribution in [3.63, 3.8) is 0 Å². The molecule has 0 aliphatic heterocycles. The molecule has 1 aliphatic rings. The number of aliphatic hydroxyl groups is 1. The number of rotatable bonds is 5. The summed E-state index contributed by atoms with van der Waals surface area (Å²) in [4.78, 5) is 11.9. The van der Waals surface area contributed by atoms with Crippen LogP contribution >= 0.6 is 22.6 Å². The van der Waals surface area contributed by atoms with Crippen LogP contribution in [-0.4, -0.2) is 33.9 Å². The number of fused-ring (bicyclic) bond motifs is 1. The lowest BCUT2D eigenvalue weighted by molar-refractivity contribution is -0.0653. The number of carbonyl (C=O) groups excluding carboxylic acids is 1. The van der Waals surface area contributed by atoms with Gasteiger partial charge in [-0.05, 0) is 80.3 Å². The molecule has 6 heteroatoms. The molecule has 2 aromatic rings. The van der Waals surface area contributed by atoms with E-state index in [1.54, 1.807) is 13.8 Å². The van der Waals surface area contributed by atoms with Crippen molar-refractivity contribution >= 4 is 39.4 Å². The Labute approximate surface area is 161 Å². The van der Waals surface area contributed by atoms with E-state index in [1.807, 2.05) is 6.07 Å². The largest absolute Gasteiger partial charge is 0.388 e. The summed E-state index contributed by atoms with van der Waals surface area (Å²) >= 11 is 2.21. The average Bonchev–Trinajstić information content (AvgIpc) is 2.95. The van der Waals surface area contributed by atoms with Gasteiger partial charge in [0.1, 0.15) is 0 Å². The lowest BCUT2D eigenvalue weighted by Gasteiger charge is -2.31. The summed E-state index contributed by atoms with van der Waals surface area (Å²) in [5.74, 6) is -0.384. The fraction of sp³-hybridized carbons (Fsp3) is 0.526. The average molecular weight is 456 g/mol. The zero-order valence-electron chi connectivity index (χ0n) is 14.7. The number of amides is 1. The van der Waals surface area contributed by atoms with Gasteiger partial charge in [0.25, 0.3) is 5.91 Å². The summed E-state index contributed by atoms with van der Waals surface area (Å²) in [5, 5.41) is 10.9. The van der Waals surface area contributed by atoms with Gasteiger partial charge in [-0.25, -0.2) is 0 Å². The van der Waals surface area contributed by atoms with Gasteiger partial charge >= 0.3 is 0 Å². The van der Waals surface area contributed by atoms with Gasteiger partial charge in [-0.1, -0.05) is 0 Å². The molecular weight excluding hydrogens is 431 g/mol. The van der Waals surface area contributed by atoms with Crippen LogP contribution in [0.25, 0.3) is 10.9 Å². The summed E-state index contributed by atoms with van der Waals surface area (Å²) in [6.45, 7) is 3.88. The maximum Gasteiger partial charge on any atom is 0.250 e. The maximum atomic E-state index is 11.9. The molecule has 1 aromatic carbocycles. The zero-order valence-corrected chi connectivity index (χ0v) is 16.8. The first-order valence-electron chi connectivity index (χ1n) is 8.68. The van der Waals surface area contributed by atoms with Crippen molar-refractivity contribution in [2.75, 3.05) is 6.61 Å². The molecule has 0 saturated heterocycles. The number of ether oxygens (including phenoxy) is 1. The molecule has 5 nitrogen and oxygen atoms in total. The molecule has 25 heavy (non-hydrogen) atoms. The molecule has 1 heterocycles. The van der Waals surface area contributed by atoms with Gasteiger partial charge in [0, 0.05) is 21.2 Å². The maximum absolute atomic E-state index is 11.9. The van der Waals surface area contributed by atoms with Crippen molar-refractivity contribution in [3.05, 3.63) is 33.5 Å². The molecule has 0 unspecified atom stereocenters. The van der Waals surface area contributed by atoms with E-state index in [9.17, 15) is 9.90 Å². The third-order valence-electron chi connectivity index (χ3n) is 4.75. The highest BCUT2D eigenvalue weighted by Crippen LogP contribution is 2.34. The predicted molar refractivity (Wildman–Crippen MR) is 107 cm³/mol. The van der Waals surface area contributed by atoms with Crippen LogP contribution in [0.15, 0.2) is 24.4 Å². The normalized spacial score (nSPS) is 21.6. The molecule has 3 rings (SSSR count). The van der Waals surface area contributed by atoms with Crippen LogP contribution in [0, 0.1) is 3.57 Å². The number of hydrogen-bond donors (Lipinski definition) is 2. The van der Waals surface area contributed by atoms with Crippen LogP contribution in [0.4, 0.5) is 0 Å². The SMILES string of the molecule is CC(C)(O)COC1CCC(n2ccc3cc(I)cc(C(N)=O)c32)CC1. The molecule has 136 valence electrons. The highest BCUT2D eigenvalue weighted by atomic mass is 127. The second kappa shape index (κ2) is 7.25. The fourth-order valence-corrected chi connectivity index (χ4v) is 4.22. The number of benzene rings is 1. The molecule has 1 amide bonds. The van der Waals surface area contributed by atoms with Gasteiger partial charge in [0.15, 0.2) is 0 Å². The van der Waals surface area contributed by atoms with E-state index < -0.39 is 5.60 Å². The Bertz CT molecular complexity index is 771. The van der Waals surface area contributed by atoms with Crippen molar-refractivity contribution in [2.45, 2.75) is 57.3 Å². The molecule has 1 saturated carbocycles. The first-order valence-corrected chi connectivity index (χ1v) is 9.76. The van der Waals surface area contributed by atoms with Crippen LogP contribution in [0.1, 0.15) is 55.9 Å². The van der Waals surface area contributed by atoms with Crippen molar-refractivity contribution in [1.29, 1.82) is 0 Å². The minimum Gasteiger partial charge on any atom is -0.388 e. The Morgan fingerprint density at radius 1 is 1.36 bits per heavy atom. The number of nitrogens with zero attached hydrogens (tertiary/aromatic N) is 1. The lowest BCUT2D eigenvalue weighted by Crippen LogP contribution is -2.31. The molecular formula is C19H25IN2O3. The summed E-state index contributed by atoms with van der Waals surface area (Å²) in [5.41, 5.74) is 6.35. The minimum absolute atomic E-state index is 0.195. The van der Waals surface area contributed by atoms with Gasteiger partial charge < -0.3 is 20.1 Å². The molecule has 0 bridgehead atoms. The summed E-state index contributed by atoms with van der Waals surface area (Å²) in [6, 6.07) is 6.34. The number of halogens is 1. The molecule has 1 fully saturated rings. The minimum atomic E-state index is -0.791. The summed E-state index contributed by atoms with van der Waals surface area (Å²) in [6.07, 6.45) is 6.15. The van der Waals surface area contributed by atoms with E-state index in [4.69, 9.17) is 10.5 Å². The first-order chi connectivity index (χ1) is 11.7. The Morgan fingerprint density at radius 3 is 2.64 bits per heavy atom. The van der Waals surface area contributed by atoms with E-state index in [0.717, 1.165) is 40.2 Å². The van der Waals surface area contributed by atoms with Gasteiger partial charge in [0.05, 0.1) is 29.4 Å². The zero-order chi connectivity index (χ0) is 18.2. The Kier molecular flexibility index (Phi) is 5.41. The fourth-order valence-electron chi connectivity index (χ4n) is 3.57. The smallest absolute Gasteiger partial charge is 0.250 e. The van der Waals surface area contributed by atoms with E-state index >= 15 is 0 Å². The molecule has 3 N–H and O–H groups in total. The Hall–Kier alpha value is -1.12. The van der Waals surface area contributed by atoms with Crippen molar-refractivity contribution in [2.24, 2.45) is 5.73 Å². The standard InChI is InChI=1S/C19H25IN2O3/c1-19(2,24)11-25-15-5-3-14(4-6-15)22-8-7-12-9-13(20)10-16(17(12)22)18(21)23/h7-10,14-15,24H,3-6,11H2,1-2H3,(H2,21,23). The highest BCUT2D eigenvalue weighted by Gasteiger charge is 2.26. The van der Waals surface area contributed by atoms with Gasteiger partial charge in [0.2, 0.25) is 0 Å².